The first-order valence-corrected chi connectivity index (χ1v) is 5.73. The number of halogens is 1. The van der Waals surface area contributed by atoms with Crippen molar-refractivity contribution in [2.75, 3.05) is 0 Å². The molecular formula is C13H16FNO. The van der Waals surface area contributed by atoms with Crippen LogP contribution in [0.2, 0.25) is 0 Å². The van der Waals surface area contributed by atoms with Gasteiger partial charge in [-0.1, -0.05) is 19.1 Å². The summed E-state index contributed by atoms with van der Waals surface area (Å²) in [5.74, 6) is -0.183. The van der Waals surface area contributed by atoms with Crippen LogP contribution in [0, 0.1) is 5.82 Å². The maximum Gasteiger partial charge on any atom is 0.220 e. The van der Waals surface area contributed by atoms with Crippen LogP contribution in [-0.4, -0.2) is 5.91 Å². The van der Waals surface area contributed by atoms with Crippen LogP contribution in [0.1, 0.15) is 38.2 Å². The van der Waals surface area contributed by atoms with Crippen LogP contribution >= 0.6 is 0 Å². The first kappa shape index (κ1) is 11.1. The second-order valence-electron chi connectivity index (χ2n) is 4.39. The molecule has 1 amide bonds. The quantitative estimate of drug-likeness (QED) is 0.832. The first-order valence-electron chi connectivity index (χ1n) is 5.73. The second-order valence-corrected chi connectivity index (χ2v) is 4.39. The molecule has 1 N–H and O–H groups in total. The topological polar surface area (TPSA) is 29.1 Å². The fourth-order valence-electron chi connectivity index (χ4n) is 1.95. The molecular weight excluding hydrogens is 205 g/mol. The van der Waals surface area contributed by atoms with Crippen molar-refractivity contribution in [1.29, 1.82) is 0 Å². The molecule has 0 radical (unpaired) electrons. The summed E-state index contributed by atoms with van der Waals surface area (Å²) >= 11 is 0. The van der Waals surface area contributed by atoms with E-state index in [4.69, 9.17) is 0 Å². The van der Waals surface area contributed by atoms with Crippen molar-refractivity contribution in [3.63, 3.8) is 0 Å². The van der Waals surface area contributed by atoms with Crippen LogP contribution in [0.3, 0.4) is 0 Å². The standard InChI is InChI=1S/C13H16FNO/c1-2-4-12(16)15-13(7-8-13)10-5-3-6-11(14)9-10/h3,5-6,9H,2,4,7-8H2,1H3,(H,15,16). The van der Waals surface area contributed by atoms with Crippen molar-refractivity contribution in [3.05, 3.63) is 35.6 Å². The Morgan fingerprint density at radius 3 is 2.81 bits per heavy atom. The number of nitrogens with one attached hydrogen (secondary N) is 1. The highest BCUT2D eigenvalue weighted by atomic mass is 19.1. The predicted molar refractivity (Wildman–Crippen MR) is 60.4 cm³/mol. The Balaban J connectivity index is 2.11. The average Bonchev–Trinajstić information content (AvgIpc) is 2.99. The van der Waals surface area contributed by atoms with Gasteiger partial charge in [-0.15, -0.1) is 0 Å². The smallest absolute Gasteiger partial charge is 0.220 e. The molecule has 0 aromatic heterocycles. The van der Waals surface area contributed by atoms with E-state index in [0.29, 0.717) is 6.42 Å². The zero-order chi connectivity index (χ0) is 11.6. The normalized spacial score (nSPS) is 16.9. The molecule has 1 aromatic carbocycles. The van der Waals surface area contributed by atoms with E-state index in [0.717, 1.165) is 24.8 Å². The predicted octanol–water partition coefficient (Wildman–Crippen LogP) is 2.73. The molecule has 1 aliphatic carbocycles. The summed E-state index contributed by atoms with van der Waals surface area (Å²) < 4.78 is 13.1. The fraction of sp³-hybridized carbons (Fsp3) is 0.462. The van der Waals surface area contributed by atoms with Gasteiger partial charge >= 0.3 is 0 Å². The Hall–Kier alpha value is -1.38. The largest absolute Gasteiger partial charge is 0.347 e. The number of carbonyl (C=O) groups excluding carboxylic acids is 1. The summed E-state index contributed by atoms with van der Waals surface area (Å²) in [4.78, 5) is 11.6. The molecule has 3 heteroatoms. The van der Waals surface area contributed by atoms with Crippen molar-refractivity contribution in [2.45, 2.75) is 38.1 Å². The number of carbonyl (C=O) groups is 1. The summed E-state index contributed by atoms with van der Waals surface area (Å²) in [5.41, 5.74) is 0.603. The Bertz CT molecular complexity index is 399. The van der Waals surface area contributed by atoms with E-state index < -0.39 is 0 Å². The third-order valence-electron chi connectivity index (χ3n) is 2.98. The number of rotatable bonds is 4. The minimum atomic E-state index is -0.283. The van der Waals surface area contributed by atoms with Crippen molar-refractivity contribution in [1.82, 2.24) is 5.32 Å². The number of hydrogen-bond donors (Lipinski definition) is 1. The number of amides is 1. The zero-order valence-electron chi connectivity index (χ0n) is 9.42. The summed E-state index contributed by atoms with van der Waals surface area (Å²) in [6, 6.07) is 6.51. The van der Waals surface area contributed by atoms with Crippen LogP contribution in [-0.2, 0) is 10.3 Å². The van der Waals surface area contributed by atoms with E-state index in [1.807, 2.05) is 13.0 Å². The van der Waals surface area contributed by atoms with E-state index >= 15 is 0 Å². The molecule has 86 valence electrons. The lowest BCUT2D eigenvalue weighted by Crippen LogP contribution is -2.34. The molecule has 0 bridgehead atoms. The molecule has 2 nitrogen and oxygen atoms in total. The minimum Gasteiger partial charge on any atom is -0.347 e. The molecule has 0 aliphatic heterocycles. The van der Waals surface area contributed by atoms with Crippen molar-refractivity contribution < 1.29 is 9.18 Å². The second kappa shape index (κ2) is 4.24. The lowest BCUT2D eigenvalue weighted by molar-refractivity contribution is -0.122. The third-order valence-corrected chi connectivity index (χ3v) is 2.98. The molecule has 16 heavy (non-hydrogen) atoms. The Morgan fingerprint density at radius 1 is 1.50 bits per heavy atom. The zero-order valence-corrected chi connectivity index (χ0v) is 9.42. The lowest BCUT2D eigenvalue weighted by atomic mass is 10.0. The van der Waals surface area contributed by atoms with Gasteiger partial charge in [0.2, 0.25) is 5.91 Å². The fourth-order valence-corrected chi connectivity index (χ4v) is 1.95. The van der Waals surface area contributed by atoms with Gasteiger partial charge in [-0.2, -0.15) is 0 Å². The Labute approximate surface area is 94.9 Å². The van der Waals surface area contributed by atoms with Gasteiger partial charge in [0, 0.05) is 6.42 Å². The van der Waals surface area contributed by atoms with Crippen LogP contribution in [0.5, 0.6) is 0 Å². The van der Waals surface area contributed by atoms with Crippen molar-refractivity contribution >= 4 is 5.91 Å². The van der Waals surface area contributed by atoms with Gasteiger partial charge in [0.1, 0.15) is 5.82 Å². The van der Waals surface area contributed by atoms with Gasteiger partial charge in [-0.05, 0) is 37.0 Å². The lowest BCUT2D eigenvalue weighted by Gasteiger charge is -2.17. The van der Waals surface area contributed by atoms with E-state index in [1.165, 1.54) is 12.1 Å². The van der Waals surface area contributed by atoms with Crippen LogP contribution in [0.15, 0.2) is 24.3 Å². The van der Waals surface area contributed by atoms with Gasteiger partial charge in [-0.25, -0.2) is 4.39 Å². The summed E-state index contributed by atoms with van der Waals surface area (Å²) in [6.45, 7) is 1.97. The molecule has 0 saturated heterocycles. The van der Waals surface area contributed by atoms with E-state index in [1.54, 1.807) is 6.07 Å². The number of hydrogen-bond acceptors (Lipinski definition) is 1. The molecule has 2 rings (SSSR count). The summed E-state index contributed by atoms with van der Waals surface area (Å²) in [6.07, 6.45) is 3.19. The highest BCUT2D eigenvalue weighted by molar-refractivity contribution is 5.77. The van der Waals surface area contributed by atoms with Gasteiger partial charge in [0.05, 0.1) is 5.54 Å². The Morgan fingerprint density at radius 2 is 2.25 bits per heavy atom. The summed E-state index contributed by atoms with van der Waals surface area (Å²) in [5, 5.41) is 3.01. The van der Waals surface area contributed by atoms with Crippen LogP contribution in [0.25, 0.3) is 0 Å². The third kappa shape index (κ3) is 2.23. The van der Waals surface area contributed by atoms with E-state index in [9.17, 15) is 9.18 Å². The van der Waals surface area contributed by atoms with E-state index in [2.05, 4.69) is 5.32 Å². The molecule has 1 aliphatic rings. The maximum absolute atomic E-state index is 13.1. The van der Waals surface area contributed by atoms with Crippen LogP contribution in [0.4, 0.5) is 4.39 Å². The number of benzene rings is 1. The molecule has 0 spiro atoms. The molecule has 0 atom stereocenters. The molecule has 0 unspecified atom stereocenters. The van der Waals surface area contributed by atoms with Gasteiger partial charge < -0.3 is 5.32 Å². The molecule has 1 aromatic rings. The highest BCUT2D eigenvalue weighted by Gasteiger charge is 2.45. The van der Waals surface area contributed by atoms with Gasteiger partial charge in [0.15, 0.2) is 0 Å². The maximum atomic E-state index is 13.1. The highest BCUT2D eigenvalue weighted by Crippen LogP contribution is 2.45. The minimum absolute atomic E-state index is 0.0595. The SMILES string of the molecule is CCCC(=O)NC1(c2cccc(F)c2)CC1. The van der Waals surface area contributed by atoms with Crippen LogP contribution < -0.4 is 5.32 Å². The molecule has 0 heterocycles. The monoisotopic (exact) mass is 221 g/mol. The van der Waals surface area contributed by atoms with Crippen molar-refractivity contribution in [3.8, 4) is 0 Å². The Kier molecular flexibility index (Phi) is 2.95. The van der Waals surface area contributed by atoms with E-state index in [-0.39, 0.29) is 17.3 Å². The summed E-state index contributed by atoms with van der Waals surface area (Å²) in [7, 11) is 0. The van der Waals surface area contributed by atoms with Gasteiger partial charge in [-0.3, -0.25) is 4.79 Å². The molecule has 1 saturated carbocycles. The average molecular weight is 221 g/mol. The molecule has 1 fully saturated rings. The van der Waals surface area contributed by atoms with Gasteiger partial charge in [0.25, 0.3) is 0 Å². The first-order chi connectivity index (χ1) is 7.66. The van der Waals surface area contributed by atoms with Crippen molar-refractivity contribution in [2.24, 2.45) is 0 Å².